The van der Waals surface area contributed by atoms with Crippen LogP contribution in [0.5, 0.6) is 0 Å². The predicted octanol–water partition coefficient (Wildman–Crippen LogP) is 3.08. The van der Waals surface area contributed by atoms with Crippen LogP contribution in [0.2, 0.25) is 0 Å². The van der Waals surface area contributed by atoms with Crippen molar-refractivity contribution >= 4 is 0 Å². The molecule has 3 aliphatic heterocycles. The highest BCUT2D eigenvalue weighted by atomic mass is 16.5. The second kappa shape index (κ2) is 6.17. The van der Waals surface area contributed by atoms with Gasteiger partial charge in [0, 0.05) is 24.7 Å². The Morgan fingerprint density at radius 2 is 1.86 bits per heavy atom. The lowest BCUT2D eigenvalue weighted by atomic mass is 9.84. The summed E-state index contributed by atoms with van der Waals surface area (Å²) < 4.78 is 6.27. The van der Waals surface area contributed by atoms with E-state index in [9.17, 15) is 0 Å². The number of likely N-dealkylation sites (tertiary alicyclic amines) is 1. The third-order valence-electron chi connectivity index (χ3n) is 6.61. The van der Waals surface area contributed by atoms with Crippen molar-refractivity contribution in [2.75, 3.05) is 19.7 Å². The minimum Gasteiger partial charge on any atom is -0.375 e. The van der Waals surface area contributed by atoms with Gasteiger partial charge in [-0.15, -0.1) is 0 Å². The third-order valence-corrected chi connectivity index (χ3v) is 6.61. The summed E-state index contributed by atoms with van der Waals surface area (Å²) in [5.74, 6) is 0. The summed E-state index contributed by atoms with van der Waals surface area (Å²) in [6, 6.07) is 2.38. The number of hydrogen-bond donors (Lipinski definition) is 1. The Morgan fingerprint density at radius 3 is 2.67 bits per heavy atom. The molecular weight excluding hydrogens is 260 g/mol. The molecule has 3 atom stereocenters. The van der Waals surface area contributed by atoms with Gasteiger partial charge in [0.15, 0.2) is 0 Å². The number of rotatable bonds is 2. The van der Waals surface area contributed by atoms with Crippen molar-refractivity contribution in [3.05, 3.63) is 0 Å². The second-order valence-corrected chi connectivity index (χ2v) is 7.89. The van der Waals surface area contributed by atoms with Crippen LogP contribution in [0.4, 0.5) is 0 Å². The zero-order valence-corrected chi connectivity index (χ0v) is 13.5. The standard InChI is InChI=1S/C18H32N2O/c1-4-12-20(17(7-1)16-6-5-11-19-16)15-8-13-21-18(14-15)9-2-3-10-18/h15-17,19H,1-14H2. The molecule has 1 saturated carbocycles. The van der Waals surface area contributed by atoms with Gasteiger partial charge in [-0.2, -0.15) is 0 Å². The lowest BCUT2D eigenvalue weighted by Gasteiger charge is -2.49. The van der Waals surface area contributed by atoms with Crippen molar-refractivity contribution in [3.63, 3.8) is 0 Å². The van der Waals surface area contributed by atoms with Crippen LogP contribution in [0.25, 0.3) is 0 Å². The van der Waals surface area contributed by atoms with Crippen molar-refractivity contribution in [1.82, 2.24) is 10.2 Å². The molecule has 3 saturated heterocycles. The summed E-state index contributed by atoms with van der Waals surface area (Å²) in [6.07, 6.45) is 15.1. The molecule has 3 heterocycles. The topological polar surface area (TPSA) is 24.5 Å². The Hall–Kier alpha value is -0.120. The SMILES string of the molecule is C1CNC(C2CCCCN2C2CCOC3(CCCC3)C2)C1. The summed E-state index contributed by atoms with van der Waals surface area (Å²) in [4.78, 5) is 2.91. The van der Waals surface area contributed by atoms with E-state index in [-0.39, 0.29) is 5.60 Å². The predicted molar refractivity (Wildman–Crippen MR) is 85.5 cm³/mol. The first-order valence-corrected chi connectivity index (χ1v) is 9.49. The van der Waals surface area contributed by atoms with Crippen LogP contribution in [-0.4, -0.2) is 48.3 Å². The fraction of sp³-hybridized carbons (Fsp3) is 1.00. The van der Waals surface area contributed by atoms with E-state index in [1.54, 1.807) is 0 Å². The maximum atomic E-state index is 6.27. The minimum atomic E-state index is 0.272. The molecule has 4 fully saturated rings. The van der Waals surface area contributed by atoms with Crippen molar-refractivity contribution in [2.24, 2.45) is 0 Å². The van der Waals surface area contributed by atoms with E-state index in [1.165, 1.54) is 83.7 Å². The quantitative estimate of drug-likeness (QED) is 0.846. The van der Waals surface area contributed by atoms with Crippen LogP contribution in [-0.2, 0) is 4.74 Å². The van der Waals surface area contributed by atoms with Crippen LogP contribution in [0.1, 0.15) is 70.6 Å². The van der Waals surface area contributed by atoms with Crippen molar-refractivity contribution < 1.29 is 4.74 Å². The summed E-state index contributed by atoms with van der Waals surface area (Å²) in [5, 5.41) is 3.78. The maximum absolute atomic E-state index is 6.27. The van der Waals surface area contributed by atoms with Gasteiger partial charge in [0.25, 0.3) is 0 Å². The number of hydrogen-bond acceptors (Lipinski definition) is 3. The molecule has 1 aliphatic carbocycles. The summed E-state index contributed by atoms with van der Waals surface area (Å²) in [6.45, 7) is 3.59. The van der Waals surface area contributed by atoms with Crippen LogP contribution < -0.4 is 5.32 Å². The van der Waals surface area contributed by atoms with Gasteiger partial charge in [0.2, 0.25) is 0 Å². The third kappa shape index (κ3) is 2.89. The number of nitrogens with one attached hydrogen (secondary N) is 1. The molecule has 0 aromatic heterocycles. The Labute approximate surface area is 129 Å². The highest BCUT2D eigenvalue weighted by molar-refractivity contribution is 4.99. The van der Waals surface area contributed by atoms with E-state index in [2.05, 4.69) is 10.2 Å². The molecule has 0 bridgehead atoms. The van der Waals surface area contributed by atoms with E-state index >= 15 is 0 Å². The fourth-order valence-electron chi connectivity index (χ4n) is 5.56. The van der Waals surface area contributed by atoms with Crippen LogP contribution in [0.3, 0.4) is 0 Å². The summed E-state index contributed by atoms with van der Waals surface area (Å²) in [5.41, 5.74) is 0.272. The molecule has 0 radical (unpaired) electrons. The fourth-order valence-corrected chi connectivity index (χ4v) is 5.56. The first-order chi connectivity index (χ1) is 10.4. The molecule has 3 unspecified atom stereocenters. The highest BCUT2D eigenvalue weighted by Gasteiger charge is 2.44. The normalized spacial score (nSPS) is 40.9. The lowest BCUT2D eigenvalue weighted by molar-refractivity contribution is -0.111. The van der Waals surface area contributed by atoms with Crippen molar-refractivity contribution in [1.29, 1.82) is 0 Å². The zero-order valence-electron chi connectivity index (χ0n) is 13.5. The average molecular weight is 292 g/mol. The number of piperidine rings is 1. The number of nitrogens with zero attached hydrogens (tertiary/aromatic N) is 1. The maximum Gasteiger partial charge on any atom is 0.0697 e. The number of ether oxygens (including phenoxy) is 1. The molecule has 120 valence electrons. The first-order valence-electron chi connectivity index (χ1n) is 9.49. The Bertz CT molecular complexity index is 347. The van der Waals surface area contributed by atoms with Crippen LogP contribution >= 0.6 is 0 Å². The molecule has 4 rings (SSSR count). The van der Waals surface area contributed by atoms with Gasteiger partial charge >= 0.3 is 0 Å². The van der Waals surface area contributed by atoms with Gasteiger partial charge in [0.1, 0.15) is 0 Å². The van der Waals surface area contributed by atoms with E-state index < -0.39 is 0 Å². The molecule has 4 aliphatic rings. The molecule has 0 aromatic carbocycles. The minimum absolute atomic E-state index is 0.272. The molecule has 0 aromatic rings. The molecule has 1 spiro atoms. The van der Waals surface area contributed by atoms with E-state index in [0.717, 1.165) is 24.7 Å². The van der Waals surface area contributed by atoms with Gasteiger partial charge in [-0.25, -0.2) is 0 Å². The Kier molecular flexibility index (Phi) is 4.25. The Morgan fingerprint density at radius 1 is 0.952 bits per heavy atom. The van der Waals surface area contributed by atoms with Gasteiger partial charge in [-0.1, -0.05) is 19.3 Å². The highest BCUT2D eigenvalue weighted by Crippen LogP contribution is 2.42. The molecule has 1 N–H and O–H groups in total. The largest absolute Gasteiger partial charge is 0.375 e. The van der Waals surface area contributed by atoms with Crippen LogP contribution in [0.15, 0.2) is 0 Å². The van der Waals surface area contributed by atoms with Crippen LogP contribution in [0, 0.1) is 0 Å². The molecule has 21 heavy (non-hydrogen) atoms. The zero-order chi connectivity index (χ0) is 14.1. The molecular formula is C18H32N2O. The van der Waals surface area contributed by atoms with E-state index in [0.29, 0.717) is 0 Å². The Balaban J connectivity index is 1.47. The van der Waals surface area contributed by atoms with Gasteiger partial charge in [-0.3, -0.25) is 4.90 Å². The average Bonchev–Trinajstić information content (AvgIpc) is 3.20. The van der Waals surface area contributed by atoms with Crippen molar-refractivity contribution in [3.8, 4) is 0 Å². The van der Waals surface area contributed by atoms with Crippen molar-refractivity contribution in [2.45, 2.75) is 94.4 Å². The first kappa shape index (κ1) is 14.5. The molecule has 3 nitrogen and oxygen atoms in total. The van der Waals surface area contributed by atoms with Gasteiger partial charge in [0.05, 0.1) is 5.60 Å². The molecule has 3 heteroatoms. The molecule has 0 amide bonds. The second-order valence-electron chi connectivity index (χ2n) is 7.89. The van der Waals surface area contributed by atoms with E-state index in [4.69, 9.17) is 4.74 Å². The smallest absolute Gasteiger partial charge is 0.0697 e. The monoisotopic (exact) mass is 292 g/mol. The van der Waals surface area contributed by atoms with Gasteiger partial charge in [-0.05, 0) is 64.5 Å². The summed E-state index contributed by atoms with van der Waals surface area (Å²) in [7, 11) is 0. The summed E-state index contributed by atoms with van der Waals surface area (Å²) >= 11 is 0. The lowest BCUT2D eigenvalue weighted by Crippen LogP contribution is -2.57. The van der Waals surface area contributed by atoms with Gasteiger partial charge < -0.3 is 10.1 Å². The van der Waals surface area contributed by atoms with E-state index in [1.807, 2.05) is 0 Å².